The molecule has 2 rings (SSSR count). The molecule has 0 radical (unpaired) electrons. The summed E-state index contributed by atoms with van der Waals surface area (Å²) in [6, 6.07) is 6.00. The summed E-state index contributed by atoms with van der Waals surface area (Å²) in [5.41, 5.74) is 1.11. The highest BCUT2D eigenvalue weighted by Gasteiger charge is 2.14. The monoisotopic (exact) mass is 270 g/mol. The molecule has 0 aliphatic rings. The van der Waals surface area contributed by atoms with Gasteiger partial charge >= 0.3 is 0 Å². The quantitative estimate of drug-likeness (QED) is 0.638. The van der Waals surface area contributed by atoms with Crippen molar-refractivity contribution in [2.45, 2.75) is 35.4 Å². The van der Waals surface area contributed by atoms with E-state index < -0.39 is 0 Å². The Balaban J connectivity index is 2.32. The van der Waals surface area contributed by atoms with Crippen LogP contribution in [0.3, 0.4) is 0 Å². The van der Waals surface area contributed by atoms with Crippen LogP contribution in [0.4, 0.5) is 0 Å². The Morgan fingerprint density at radius 2 is 2.12 bits per heavy atom. The third-order valence-electron chi connectivity index (χ3n) is 1.90. The van der Waals surface area contributed by atoms with Gasteiger partial charge in [0.05, 0.1) is 5.52 Å². The fraction of sp³-hybridized carbons (Fsp3) is 0.364. The molecule has 0 fully saturated rings. The van der Waals surface area contributed by atoms with Crippen LogP contribution in [-0.2, 0) is 0 Å². The number of hydrogen-bond acceptors (Lipinski definition) is 5. The van der Waals surface area contributed by atoms with E-state index in [1.54, 1.807) is 11.9 Å². The second-order valence-corrected chi connectivity index (χ2v) is 6.93. The molecule has 2 aromatic rings. The predicted octanol–water partition coefficient (Wildman–Crippen LogP) is 3.98. The minimum atomic E-state index is 0.0898. The molecule has 0 saturated carbocycles. The molecule has 0 spiro atoms. The Bertz CT molecular complexity index is 499. The number of nitrogens with one attached hydrogen (secondary N) is 1. The number of rotatable bonds is 2. The van der Waals surface area contributed by atoms with E-state index in [4.69, 9.17) is 0 Å². The first-order valence-electron chi connectivity index (χ1n) is 4.99. The summed E-state index contributed by atoms with van der Waals surface area (Å²) in [4.78, 5) is 0.990. The molecule has 0 aliphatic carbocycles. The molecule has 1 aromatic heterocycles. The van der Waals surface area contributed by atoms with Crippen molar-refractivity contribution in [1.29, 1.82) is 0 Å². The molecular weight excluding hydrogens is 256 g/mol. The Labute approximate surface area is 110 Å². The third kappa shape index (κ3) is 2.71. The summed E-state index contributed by atoms with van der Waals surface area (Å²) in [7, 11) is 0. The minimum Gasteiger partial charge on any atom is -0.254 e. The maximum absolute atomic E-state index is 4.48. The summed E-state index contributed by atoms with van der Waals surface area (Å²) in [5, 5.41) is 1.15. The van der Waals surface area contributed by atoms with Crippen LogP contribution in [-0.4, -0.2) is 9.91 Å². The molecular formula is C11H14N2S3. The molecule has 0 saturated heterocycles. The molecule has 1 heterocycles. The van der Waals surface area contributed by atoms with Gasteiger partial charge in [0.25, 0.3) is 0 Å². The average Bonchev–Trinajstić information content (AvgIpc) is 2.58. The van der Waals surface area contributed by atoms with E-state index in [1.165, 1.54) is 15.7 Å². The summed E-state index contributed by atoms with van der Waals surface area (Å²) >= 11 is 7.63. The molecule has 2 nitrogen and oxygen atoms in total. The summed E-state index contributed by atoms with van der Waals surface area (Å²) in [6.07, 6.45) is 0. The van der Waals surface area contributed by atoms with Gasteiger partial charge in [0.15, 0.2) is 0 Å². The molecule has 0 atom stereocenters. The van der Waals surface area contributed by atoms with Crippen molar-refractivity contribution in [3.63, 3.8) is 0 Å². The number of fused-ring (bicyclic) bond motifs is 1. The molecule has 0 amide bonds. The van der Waals surface area contributed by atoms with Crippen LogP contribution in [0.5, 0.6) is 0 Å². The summed E-state index contributed by atoms with van der Waals surface area (Å²) < 4.78 is 8.99. The smallest absolute Gasteiger partial charge is 0.105 e. The Morgan fingerprint density at radius 1 is 1.38 bits per heavy atom. The van der Waals surface area contributed by atoms with Crippen molar-refractivity contribution < 1.29 is 0 Å². The van der Waals surface area contributed by atoms with Crippen LogP contribution in [0.2, 0.25) is 0 Å². The van der Waals surface area contributed by atoms with E-state index in [2.05, 4.69) is 42.5 Å². The van der Waals surface area contributed by atoms with Gasteiger partial charge in [-0.1, -0.05) is 6.07 Å². The van der Waals surface area contributed by atoms with Gasteiger partial charge in [-0.25, -0.2) is 0 Å². The first kappa shape index (κ1) is 12.2. The number of hydrogen-bond donors (Lipinski definition) is 2. The fourth-order valence-electron chi connectivity index (χ4n) is 1.22. The van der Waals surface area contributed by atoms with Gasteiger partial charge < -0.3 is 0 Å². The lowest BCUT2D eigenvalue weighted by molar-refractivity contribution is 0.536. The zero-order valence-corrected chi connectivity index (χ0v) is 12.0. The molecule has 86 valence electrons. The van der Waals surface area contributed by atoms with Gasteiger partial charge in [0.1, 0.15) is 4.21 Å². The van der Waals surface area contributed by atoms with Gasteiger partial charge in [-0.15, -0.1) is 12.6 Å². The summed E-state index contributed by atoms with van der Waals surface area (Å²) in [6.45, 7) is 6.43. The first-order chi connectivity index (χ1) is 7.47. The Kier molecular flexibility index (Phi) is 3.49. The minimum absolute atomic E-state index is 0.0898. The van der Waals surface area contributed by atoms with Gasteiger partial charge in [-0.2, -0.15) is 4.37 Å². The molecule has 1 N–H and O–H groups in total. The van der Waals surface area contributed by atoms with Crippen LogP contribution in [0.15, 0.2) is 27.3 Å². The van der Waals surface area contributed by atoms with Crippen molar-refractivity contribution in [3.8, 4) is 0 Å². The lowest BCUT2D eigenvalue weighted by Crippen LogP contribution is -2.29. The molecule has 0 bridgehead atoms. The SMILES string of the molecule is CC(C)(C)NSc1snc2cccc(S)c12. The highest BCUT2D eigenvalue weighted by molar-refractivity contribution is 7.99. The molecule has 0 aliphatic heterocycles. The molecule has 1 aromatic carbocycles. The molecule has 5 heteroatoms. The number of nitrogens with zero attached hydrogens (tertiary/aromatic N) is 1. The van der Waals surface area contributed by atoms with Gasteiger partial charge in [0.2, 0.25) is 0 Å². The number of thiol groups is 1. The van der Waals surface area contributed by atoms with E-state index in [9.17, 15) is 0 Å². The second kappa shape index (κ2) is 4.56. The normalized spacial score (nSPS) is 12.2. The number of aromatic nitrogens is 1. The third-order valence-corrected chi connectivity index (χ3v) is 4.51. The lowest BCUT2D eigenvalue weighted by atomic mass is 10.1. The highest BCUT2D eigenvalue weighted by atomic mass is 32.2. The van der Waals surface area contributed by atoms with Gasteiger partial charge in [0, 0.05) is 15.8 Å². The van der Waals surface area contributed by atoms with Gasteiger partial charge in [-0.05, 0) is 56.4 Å². The number of benzene rings is 1. The fourth-order valence-corrected chi connectivity index (χ4v) is 3.42. The first-order valence-corrected chi connectivity index (χ1v) is 7.02. The van der Waals surface area contributed by atoms with E-state index in [-0.39, 0.29) is 5.54 Å². The summed E-state index contributed by atoms with van der Waals surface area (Å²) in [5.74, 6) is 0. The average molecular weight is 270 g/mol. The topological polar surface area (TPSA) is 24.9 Å². The second-order valence-electron chi connectivity index (χ2n) is 4.60. The maximum atomic E-state index is 4.48. The Hall–Kier alpha value is -0.230. The van der Waals surface area contributed by atoms with Crippen LogP contribution in [0, 0.1) is 0 Å². The predicted molar refractivity (Wildman–Crippen MR) is 75.6 cm³/mol. The van der Waals surface area contributed by atoms with Crippen molar-refractivity contribution in [2.24, 2.45) is 0 Å². The highest BCUT2D eigenvalue weighted by Crippen LogP contribution is 2.34. The lowest BCUT2D eigenvalue weighted by Gasteiger charge is -2.18. The van der Waals surface area contributed by atoms with Gasteiger partial charge in [-0.3, -0.25) is 4.72 Å². The van der Waals surface area contributed by atoms with Crippen LogP contribution in [0.25, 0.3) is 10.9 Å². The van der Waals surface area contributed by atoms with E-state index in [0.29, 0.717) is 0 Å². The van der Waals surface area contributed by atoms with Crippen LogP contribution in [0.1, 0.15) is 20.8 Å². The zero-order chi connectivity index (χ0) is 11.8. The molecule has 16 heavy (non-hydrogen) atoms. The van der Waals surface area contributed by atoms with Crippen molar-refractivity contribution in [3.05, 3.63) is 18.2 Å². The molecule has 0 unspecified atom stereocenters. The maximum Gasteiger partial charge on any atom is 0.105 e. The Morgan fingerprint density at radius 3 is 2.81 bits per heavy atom. The van der Waals surface area contributed by atoms with Crippen LogP contribution < -0.4 is 4.72 Å². The van der Waals surface area contributed by atoms with Crippen molar-refractivity contribution in [2.75, 3.05) is 0 Å². The van der Waals surface area contributed by atoms with E-state index in [1.807, 2.05) is 18.2 Å². The zero-order valence-electron chi connectivity index (χ0n) is 9.44. The van der Waals surface area contributed by atoms with Crippen LogP contribution >= 0.6 is 36.1 Å². The van der Waals surface area contributed by atoms with Crippen molar-refractivity contribution in [1.82, 2.24) is 9.10 Å². The van der Waals surface area contributed by atoms with Crippen molar-refractivity contribution >= 4 is 47.0 Å². The standard InChI is InChI=1S/C11H14N2S3/c1-11(2,3)13-16-10-9-7(12-15-10)5-4-6-8(9)14/h4-6,13-14H,1-3H3. The largest absolute Gasteiger partial charge is 0.254 e. The van der Waals surface area contributed by atoms with E-state index >= 15 is 0 Å². The van der Waals surface area contributed by atoms with E-state index in [0.717, 1.165) is 15.8 Å².